The molecule has 9 rings (SSSR count). The van der Waals surface area contributed by atoms with Gasteiger partial charge in [0.2, 0.25) is 0 Å². The molecule has 0 bridgehead atoms. The third-order valence-electron chi connectivity index (χ3n) is 11.6. The van der Waals surface area contributed by atoms with Crippen molar-refractivity contribution in [3.05, 3.63) is 142 Å². The summed E-state index contributed by atoms with van der Waals surface area (Å²) in [5.41, 5.74) is 6.46. The minimum absolute atomic E-state index is 0.0403. The summed E-state index contributed by atoms with van der Waals surface area (Å²) in [6.45, 7) is 2.79. The zero-order valence-corrected chi connectivity index (χ0v) is 32.0. The second-order valence-electron chi connectivity index (χ2n) is 15.4. The van der Waals surface area contributed by atoms with Crippen LogP contribution in [0.25, 0.3) is 0 Å². The van der Waals surface area contributed by atoms with Gasteiger partial charge < -0.3 is 19.9 Å². The molecule has 1 saturated heterocycles. The van der Waals surface area contributed by atoms with Crippen LogP contribution in [0.5, 0.6) is 0 Å². The van der Waals surface area contributed by atoms with E-state index in [0.717, 1.165) is 86.6 Å². The lowest BCUT2D eigenvalue weighted by molar-refractivity contribution is 0.0554. The molecule has 2 aliphatic carbocycles. The van der Waals surface area contributed by atoms with Gasteiger partial charge in [0, 0.05) is 19.6 Å². The fourth-order valence-corrected chi connectivity index (χ4v) is 8.60. The number of hydrogen-bond donors (Lipinski definition) is 2. The lowest BCUT2D eigenvalue weighted by atomic mass is 9.88. The number of ether oxygens (including phenoxy) is 2. The Labute approximate surface area is 328 Å². The summed E-state index contributed by atoms with van der Waals surface area (Å²) < 4.78 is 38.2. The molecule has 4 aromatic rings. The molecule has 4 aromatic carbocycles. The van der Waals surface area contributed by atoms with Crippen LogP contribution in [0, 0.1) is 11.6 Å². The van der Waals surface area contributed by atoms with Crippen LogP contribution in [0.1, 0.15) is 103 Å². The molecule has 3 aliphatic heterocycles. The Morgan fingerprint density at radius 2 is 1.04 bits per heavy atom. The molecule has 3 heterocycles. The highest BCUT2D eigenvalue weighted by molar-refractivity contribution is 5.71. The van der Waals surface area contributed by atoms with Crippen molar-refractivity contribution in [2.24, 2.45) is 0 Å². The molecule has 3 atom stereocenters. The molecule has 0 spiro atoms. The molecule has 0 radical (unpaired) electrons. The Morgan fingerprint density at radius 1 is 0.589 bits per heavy atom. The topological polar surface area (TPSA) is 91.3 Å². The molecule has 8 nitrogen and oxygen atoms in total. The molecule has 2 saturated carbocycles. The SMILES string of the molecule is O=C(OC1CCCC1)N1CCc2ccccc2[C@H]1c1ccc(F)cc1.O=C(O[C@@H]1CCNC1)N1CCc2ccccc2[C@H]1c1ccc(F)cc1.OC1CCCC1. The first kappa shape index (κ1) is 39.4. The predicted octanol–water partition coefficient (Wildman–Crippen LogP) is 9.05. The number of carbonyl (C=O) groups is 2. The van der Waals surface area contributed by atoms with Gasteiger partial charge in [0.25, 0.3) is 0 Å². The van der Waals surface area contributed by atoms with Gasteiger partial charge in [-0.15, -0.1) is 0 Å². The van der Waals surface area contributed by atoms with E-state index in [4.69, 9.17) is 14.6 Å². The Balaban J connectivity index is 0.000000149. The van der Waals surface area contributed by atoms with E-state index in [1.807, 2.05) is 30.3 Å². The number of nitrogens with one attached hydrogen (secondary N) is 1. The summed E-state index contributed by atoms with van der Waals surface area (Å²) in [6, 6.07) is 28.6. The van der Waals surface area contributed by atoms with Crippen LogP contribution in [0.4, 0.5) is 18.4 Å². The second kappa shape index (κ2) is 18.9. The molecule has 0 unspecified atom stereocenters. The number of benzene rings is 4. The number of amides is 2. The van der Waals surface area contributed by atoms with E-state index < -0.39 is 0 Å². The van der Waals surface area contributed by atoms with E-state index in [2.05, 4.69) is 23.5 Å². The lowest BCUT2D eigenvalue weighted by Gasteiger charge is -2.37. The van der Waals surface area contributed by atoms with Crippen molar-refractivity contribution in [3.8, 4) is 0 Å². The number of aliphatic hydroxyl groups excluding tert-OH is 1. The number of rotatable bonds is 4. The van der Waals surface area contributed by atoms with Crippen molar-refractivity contribution < 1.29 is 33.0 Å². The summed E-state index contributed by atoms with van der Waals surface area (Å²) in [7, 11) is 0. The number of halogens is 2. The Morgan fingerprint density at radius 3 is 1.46 bits per heavy atom. The highest BCUT2D eigenvalue weighted by Crippen LogP contribution is 2.37. The van der Waals surface area contributed by atoms with E-state index in [9.17, 15) is 18.4 Å². The number of fused-ring (bicyclic) bond motifs is 2. The average molecular weight is 766 g/mol. The van der Waals surface area contributed by atoms with Gasteiger partial charge in [0.05, 0.1) is 18.2 Å². The summed E-state index contributed by atoms with van der Waals surface area (Å²) in [5.74, 6) is -0.549. The molecule has 0 aromatic heterocycles. The number of nitrogens with zero attached hydrogens (tertiary/aromatic N) is 2. The maximum atomic E-state index is 13.4. The van der Waals surface area contributed by atoms with Gasteiger partial charge in [0.15, 0.2) is 0 Å². The van der Waals surface area contributed by atoms with Crippen molar-refractivity contribution in [3.63, 3.8) is 0 Å². The molecule has 5 aliphatic rings. The summed E-state index contributed by atoms with van der Waals surface area (Å²) in [6.07, 6.45) is 10.6. The molecule has 2 N–H and O–H groups in total. The number of carbonyl (C=O) groups excluding carboxylic acids is 2. The molecule has 296 valence electrons. The first-order valence-electron chi connectivity index (χ1n) is 20.3. The third-order valence-corrected chi connectivity index (χ3v) is 11.6. The highest BCUT2D eigenvalue weighted by Gasteiger charge is 2.36. The van der Waals surface area contributed by atoms with Gasteiger partial charge in [0.1, 0.15) is 23.8 Å². The number of aliphatic hydroxyl groups is 1. The predicted molar refractivity (Wildman–Crippen MR) is 211 cm³/mol. The Bertz CT molecular complexity index is 1760. The van der Waals surface area contributed by atoms with Gasteiger partial charge in [-0.25, -0.2) is 18.4 Å². The third kappa shape index (κ3) is 9.76. The molecular weight excluding hydrogens is 713 g/mol. The maximum Gasteiger partial charge on any atom is 0.410 e. The smallest absolute Gasteiger partial charge is 0.410 e. The van der Waals surface area contributed by atoms with Gasteiger partial charge >= 0.3 is 12.2 Å². The van der Waals surface area contributed by atoms with Crippen molar-refractivity contribution in [2.45, 2.75) is 101 Å². The Kier molecular flexibility index (Phi) is 13.3. The highest BCUT2D eigenvalue weighted by atomic mass is 19.1. The minimum atomic E-state index is -0.294. The molecule has 10 heteroatoms. The number of hydrogen-bond acceptors (Lipinski definition) is 6. The molecular formula is C46H53F2N3O5. The van der Waals surface area contributed by atoms with Gasteiger partial charge in [-0.05, 0) is 122 Å². The van der Waals surface area contributed by atoms with Gasteiger partial charge in [-0.3, -0.25) is 9.80 Å². The maximum absolute atomic E-state index is 13.4. The average Bonchev–Trinajstić information content (AvgIpc) is 4.04. The molecule has 56 heavy (non-hydrogen) atoms. The van der Waals surface area contributed by atoms with Crippen LogP contribution in [0.2, 0.25) is 0 Å². The van der Waals surface area contributed by atoms with E-state index in [1.165, 1.54) is 48.2 Å². The minimum Gasteiger partial charge on any atom is -0.446 e. The first-order chi connectivity index (χ1) is 27.3. The van der Waals surface area contributed by atoms with E-state index >= 15 is 0 Å². The summed E-state index contributed by atoms with van der Waals surface area (Å²) >= 11 is 0. The van der Waals surface area contributed by atoms with E-state index in [1.54, 1.807) is 34.1 Å². The van der Waals surface area contributed by atoms with Crippen LogP contribution in [0.3, 0.4) is 0 Å². The summed E-state index contributed by atoms with van der Waals surface area (Å²) in [5, 5.41) is 11.9. The van der Waals surface area contributed by atoms with E-state index in [0.29, 0.717) is 19.6 Å². The zero-order chi connectivity index (χ0) is 38.9. The van der Waals surface area contributed by atoms with Crippen LogP contribution < -0.4 is 5.32 Å². The summed E-state index contributed by atoms with van der Waals surface area (Å²) in [4.78, 5) is 29.2. The van der Waals surface area contributed by atoms with Crippen molar-refractivity contribution in [1.82, 2.24) is 15.1 Å². The van der Waals surface area contributed by atoms with E-state index in [-0.39, 0.29) is 54.2 Å². The van der Waals surface area contributed by atoms with Crippen LogP contribution in [0.15, 0.2) is 97.1 Å². The fraction of sp³-hybridized carbons (Fsp3) is 0.435. The molecule has 3 fully saturated rings. The normalized spacial score (nSPS) is 21.9. The van der Waals surface area contributed by atoms with Crippen LogP contribution in [-0.4, -0.2) is 71.6 Å². The second-order valence-corrected chi connectivity index (χ2v) is 15.4. The first-order valence-corrected chi connectivity index (χ1v) is 20.3. The standard InChI is InChI=1S/C21H22FNO2.C20H21FN2O2.C5H10O/c22-17-11-9-16(10-12-17)20-19-8-4-1-5-15(19)13-14-23(20)21(24)25-18-6-2-3-7-18;21-16-7-5-15(6-8-16)19-18-4-2-1-3-14(18)10-12-23(19)20(24)25-17-9-11-22-13-17;6-5-3-1-2-4-5/h1,4-5,8-12,18,20H,2-3,6-7,13-14H2;1-8,17,19,22H,9-13H2;5-6H,1-4H2/t20-;17-,19-;/m11./s1. The lowest BCUT2D eigenvalue weighted by Crippen LogP contribution is -2.42. The fourth-order valence-electron chi connectivity index (χ4n) is 8.60. The van der Waals surface area contributed by atoms with Gasteiger partial charge in [-0.1, -0.05) is 85.6 Å². The van der Waals surface area contributed by atoms with Crippen LogP contribution in [-0.2, 0) is 22.3 Å². The molecule has 2 amide bonds. The quantitative estimate of drug-likeness (QED) is 0.216. The monoisotopic (exact) mass is 765 g/mol. The zero-order valence-electron chi connectivity index (χ0n) is 32.0. The van der Waals surface area contributed by atoms with Gasteiger partial charge in [-0.2, -0.15) is 0 Å². The van der Waals surface area contributed by atoms with Crippen molar-refractivity contribution in [2.75, 3.05) is 26.2 Å². The largest absolute Gasteiger partial charge is 0.446 e. The van der Waals surface area contributed by atoms with Crippen molar-refractivity contribution >= 4 is 12.2 Å². The Hall–Kier alpha value is -4.80. The van der Waals surface area contributed by atoms with Crippen LogP contribution >= 0.6 is 0 Å². The van der Waals surface area contributed by atoms with Crippen molar-refractivity contribution in [1.29, 1.82) is 0 Å².